The second kappa shape index (κ2) is 10.7. The van der Waals surface area contributed by atoms with Crippen LogP contribution in [0.1, 0.15) is 67.3 Å². The van der Waals surface area contributed by atoms with Gasteiger partial charge in [-0.05, 0) is 50.3 Å². The van der Waals surface area contributed by atoms with E-state index in [-0.39, 0.29) is 62.2 Å². The molecule has 6 nitrogen and oxygen atoms in total. The molecular weight excluding hydrogens is 541 g/mol. The predicted molar refractivity (Wildman–Crippen MR) is 129 cm³/mol. The van der Waals surface area contributed by atoms with Gasteiger partial charge in [0.2, 0.25) is 5.92 Å². The third-order valence-electron chi connectivity index (χ3n) is 7.95. The fourth-order valence-electron chi connectivity index (χ4n) is 5.68. The largest absolute Gasteiger partial charge is 0.416 e. The van der Waals surface area contributed by atoms with Crippen molar-refractivity contribution < 1.29 is 35.2 Å². The SMILES string of the molecule is O=C(CCC1(N2CCN(S(=O)(=O)N3CCCC3)CC2)CCC(F)(F)CC1)c1ccc(C(F)(F)F)cc1Cl. The van der Waals surface area contributed by atoms with Gasteiger partial charge in [-0.1, -0.05) is 11.6 Å². The molecule has 0 atom stereocenters. The molecular formula is C24H31ClF5N3O3S. The first kappa shape index (κ1) is 28.7. The number of carbonyl (C=O) groups excluding carboxylic acids is 1. The van der Waals surface area contributed by atoms with Crippen LogP contribution in [0.3, 0.4) is 0 Å². The average Bonchev–Trinajstić information content (AvgIpc) is 3.39. The zero-order valence-corrected chi connectivity index (χ0v) is 21.9. The van der Waals surface area contributed by atoms with Crippen LogP contribution in [0.25, 0.3) is 0 Å². The standard InChI is InChI=1S/C24H31ClF5N3O3S/c25-20-17-18(24(28,29)30)3-4-19(20)21(34)5-6-22(7-9-23(26,27)10-8-22)31-13-15-33(16-14-31)37(35,36)32-11-1-2-12-32/h3-4,17H,1-2,5-16H2. The molecule has 1 aromatic carbocycles. The van der Waals surface area contributed by atoms with Crippen LogP contribution in [-0.2, 0) is 16.4 Å². The van der Waals surface area contributed by atoms with E-state index < -0.39 is 39.2 Å². The lowest BCUT2D eigenvalue weighted by Gasteiger charge is -2.51. The van der Waals surface area contributed by atoms with Crippen molar-refractivity contribution in [2.75, 3.05) is 39.3 Å². The Morgan fingerprint density at radius 3 is 2.03 bits per heavy atom. The second-order valence-corrected chi connectivity index (χ2v) is 12.5. The van der Waals surface area contributed by atoms with Gasteiger partial charge < -0.3 is 0 Å². The lowest BCUT2D eigenvalue weighted by Crippen LogP contribution is -2.60. The Hall–Kier alpha value is -1.34. The summed E-state index contributed by atoms with van der Waals surface area (Å²) in [5.74, 6) is -3.25. The van der Waals surface area contributed by atoms with Crippen molar-refractivity contribution in [2.45, 2.75) is 69.0 Å². The summed E-state index contributed by atoms with van der Waals surface area (Å²) < 4.78 is 95.8. The highest BCUT2D eigenvalue weighted by molar-refractivity contribution is 7.86. The highest BCUT2D eigenvalue weighted by Crippen LogP contribution is 2.45. The summed E-state index contributed by atoms with van der Waals surface area (Å²) in [5, 5.41) is -0.301. The first-order valence-electron chi connectivity index (χ1n) is 12.5. The first-order valence-corrected chi connectivity index (χ1v) is 14.3. The van der Waals surface area contributed by atoms with Gasteiger partial charge in [-0.15, -0.1) is 0 Å². The molecule has 1 saturated carbocycles. The van der Waals surface area contributed by atoms with Crippen molar-refractivity contribution in [1.82, 2.24) is 13.5 Å². The number of hydrogen-bond acceptors (Lipinski definition) is 4. The van der Waals surface area contributed by atoms with Gasteiger partial charge >= 0.3 is 6.18 Å². The normalized spacial score (nSPS) is 23.8. The topological polar surface area (TPSA) is 60.9 Å². The molecule has 0 unspecified atom stereocenters. The average molecular weight is 572 g/mol. The molecule has 0 radical (unpaired) electrons. The number of halogens is 6. The van der Waals surface area contributed by atoms with E-state index in [2.05, 4.69) is 0 Å². The van der Waals surface area contributed by atoms with E-state index in [9.17, 15) is 35.2 Å². The summed E-state index contributed by atoms with van der Waals surface area (Å²) in [7, 11) is -3.56. The van der Waals surface area contributed by atoms with Crippen LogP contribution in [0.15, 0.2) is 18.2 Å². The fourth-order valence-corrected chi connectivity index (χ4v) is 7.64. The molecule has 2 saturated heterocycles. The van der Waals surface area contributed by atoms with E-state index in [4.69, 9.17) is 11.6 Å². The second-order valence-electron chi connectivity index (χ2n) is 10.2. The van der Waals surface area contributed by atoms with Gasteiger partial charge in [0.1, 0.15) is 0 Å². The van der Waals surface area contributed by atoms with Gasteiger partial charge in [0.15, 0.2) is 5.78 Å². The maximum Gasteiger partial charge on any atom is 0.416 e. The third-order valence-corrected chi connectivity index (χ3v) is 10.3. The maximum atomic E-state index is 14.1. The molecule has 37 heavy (non-hydrogen) atoms. The minimum absolute atomic E-state index is 0.0347. The molecule has 2 aliphatic heterocycles. The van der Waals surface area contributed by atoms with Crippen LogP contribution in [-0.4, -0.2) is 78.4 Å². The third kappa shape index (κ3) is 6.29. The Bertz CT molecular complexity index is 1090. The van der Waals surface area contributed by atoms with Gasteiger partial charge in [0.25, 0.3) is 10.2 Å². The van der Waals surface area contributed by atoms with Crippen LogP contribution in [0, 0.1) is 0 Å². The van der Waals surface area contributed by atoms with E-state index >= 15 is 0 Å². The number of ketones is 1. The number of alkyl halides is 5. The van der Waals surface area contributed by atoms with E-state index in [1.807, 2.05) is 4.90 Å². The van der Waals surface area contributed by atoms with E-state index in [1.54, 1.807) is 0 Å². The summed E-state index contributed by atoms with van der Waals surface area (Å²) in [6.07, 6.45) is -3.15. The van der Waals surface area contributed by atoms with Crippen molar-refractivity contribution in [3.8, 4) is 0 Å². The predicted octanol–water partition coefficient (Wildman–Crippen LogP) is 5.23. The van der Waals surface area contributed by atoms with Crippen LogP contribution in [0.2, 0.25) is 5.02 Å². The fraction of sp³-hybridized carbons (Fsp3) is 0.708. The lowest BCUT2D eigenvalue weighted by atomic mass is 9.74. The molecule has 1 aromatic rings. The summed E-state index contributed by atoms with van der Waals surface area (Å²) in [6.45, 7) is 2.17. The molecule has 2 heterocycles. The quantitative estimate of drug-likeness (QED) is 0.332. The molecule has 4 rings (SSSR count). The molecule has 0 amide bonds. The van der Waals surface area contributed by atoms with Gasteiger partial charge in [0.05, 0.1) is 10.6 Å². The summed E-state index contributed by atoms with van der Waals surface area (Å²) >= 11 is 5.99. The van der Waals surface area contributed by atoms with Crippen molar-refractivity contribution in [3.05, 3.63) is 34.3 Å². The molecule has 3 aliphatic rings. The van der Waals surface area contributed by atoms with Crippen LogP contribution < -0.4 is 0 Å². The number of rotatable bonds is 7. The zero-order valence-electron chi connectivity index (χ0n) is 20.4. The van der Waals surface area contributed by atoms with Crippen LogP contribution >= 0.6 is 11.6 Å². The monoisotopic (exact) mass is 571 g/mol. The van der Waals surface area contributed by atoms with Crippen molar-refractivity contribution in [2.24, 2.45) is 0 Å². The summed E-state index contributed by atoms with van der Waals surface area (Å²) in [5.41, 5.74) is -1.71. The molecule has 0 bridgehead atoms. The molecule has 3 fully saturated rings. The van der Waals surface area contributed by atoms with Crippen molar-refractivity contribution in [1.29, 1.82) is 0 Å². The highest BCUT2D eigenvalue weighted by Gasteiger charge is 2.48. The maximum absolute atomic E-state index is 14.1. The van der Waals surface area contributed by atoms with E-state index in [0.29, 0.717) is 32.2 Å². The number of carbonyl (C=O) groups is 1. The number of nitrogens with zero attached hydrogens (tertiary/aromatic N) is 3. The zero-order chi connectivity index (χ0) is 27.1. The number of Topliss-reactive ketones (excluding diaryl/α,β-unsaturated/α-hetero) is 1. The molecule has 208 valence electrons. The van der Waals surface area contributed by atoms with Gasteiger partial charge in [-0.2, -0.15) is 30.2 Å². The van der Waals surface area contributed by atoms with E-state index in [1.165, 1.54) is 8.61 Å². The minimum atomic E-state index is -4.59. The summed E-state index contributed by atoms with van der Waals surface area (Å²) in [6, 6.07) is 2.57. The molecule has 1 aliphatic carbocycles. The Morgan fingerprint density at radius 2 is 1.49 bits per heavy atom. The number of hydrogen-bond donors (Lipinski definition) is 0. The molecule has 13 heteroatoms. The lowest BCUT2D eigenvalue weighted by molar-refractivity contribution is -0.137. The van der Waals surface area contributed by atoms with Crippen LogP contribution in [0.5, 0.6) is 0 Å². The molecule has 0 N–H and O–H groups in total. The molecule has 0 spiro atoms. The van der Waals surface area contributed by atoms with Gasteiger partial charge in [-0.3, -0.25) is 9.69 Å². The highest BCUT2D eigenvalue weighted by atomic mass is 35.5. The number of benzene rings is 1. The van der Waals surface area contributed by atoms with Crippen LogP contribution in [0.4, 0.5) is 22.0 Å². The Morgan fingerprint density at radius 1 is 0.919 bits per heavy atom. The Labute approximate surface area is 218 Å². The Balaban J connectivity index is 1.46. The smallest absolute Gasteiger partial charge is 0.295 e. The van der Waals surface area contributed by atoms with Crippen molar-refractivity contribution >= 4 is 27.6 Å². The minimum Gasteiger partial charge on any atom is -0.295 e. The van der Waals surface area contributed by atoms with Gasteiger partial charge in [0, 0.05) is 69.6 Å². The molecule has 0 aromatic heterocycles. The number of piperazine rings is 1. The van der Waals surface area contributed by atoms with Crippen molar-refractivity contribution in [3.63, 3.8) is 0 Å². The van der Waals surface area contributed by atoms with E-state index in [0.717, 1.165) is 25.0 Å². The van der Waals surface area contributed by atoms with Gasteiger partial charge in [-0.25, -0.2) is 8.78 Å². The Kier molecular flexibility index (Phi) is 8.27. The first-order chi connectivity index (χ1) is 17.2. The summed E-state index contributed by atoms with van der Waals surface area (Å²) in [4.78, 5) is 15.0.